The molecule has 4 heteroatoms. The standard InChI is InChI=1S/C12H19BrN2O/c1-3-15-12(5-4-6-16-2)10-7-11(13)9-14-8-10/h7-9,12,15H,3-6H2,1-2H3. The number of ether oxygens (including phenoxy) is 1. The topological polar surface area (TPSA) is 34.1 Å². The second-order valence-corrected chi connectivity index (χ2v) is 4.60. The van der Waals surface area contributed by atoms with Crippen LogP contribution in [0.2, 0.25) is 0 Å². The van der Waals surface area contributed by atoms with Gasteiger partial charge in [-0.25, -0.2) is 0 Å². The minimum Gasteiger partial charge on any atom is -0.385 e. The second-order valence-electron chi connectivity index (χ2n) is 3.68. The van der Waals surface area contributed by atoms with Crippen molar-refractivity contribution < 1.29 is 4.74 Å². The summed E-state index contributed by atoms with van der Waals surface area (Å²) in [5.74, 6) is 0. The van der Waals surface area contributed by atoms with E-state index >= 15 is 0 Å². The van der Waals surface area contributed by atoms with Crippen LogP contribution in [0.1, 0.15) is 31.4 Å². The van der Waals surface area contributed by atoms with E-state index in [-0.39, 0.29) is 0 Å². The molecule has 0 aromatic carbocycles. The smallest absolute Gasteiger partial charge is 0.0462 e. The highest BCUT2D eigenvalue weighted by Gasteiger charge is 2.10. The van der Waals surface area contributed by atoms with E-state index in [0.717, 1.165) is 30.5 Å². The van der Waals surface area contributed by atoms with Gasteiger partial charge in [0, 0.05) is 36.6 Å². The lowest BCUT2D eigenvalue weighted by Crippen LogP contribution is -2.21. The molecule has 90 valence electrons. The van der Waals surface area contributed by atoms with Crippen molar-refractivity contribution in [1.29, 1.82) is 0 Å². The molecule has 1 aromatic heterocycles. The van der Waals surface area contributed by atoms with Crippen LogP contribution in [-0.2, 0) is 4.74 Å². The lowest BCUT2D eigenvalue weighted by molar-refractivity contribution is 0.189. The Morgan fingerprint density at radius 1 is 1.50 bits per heavy atom. The van der Waals surface area contributed by atoms with Crippen LogP contribution in [0, 0.1) is 0 Å². The Labute approximate surface area is 106 Å². The highest BCUT2D eigenvalue weighted by molar-refractivity contribution is 9.10. The molecule has 1 N–H and O–H groups in total. The van der Waals surface area contributed by atoms with Gasteiger partial charge in [0.15, 0.2) is 0 Å². The first kappa shape index (κ1) is 13.6. The molecule has 0 radical (unpaired) electrons. The normalized spacial score (nSPS) is 12.7. The number of hydrogen-bond donors (Lipinski definition) is 1. The highest BCUT2D eigenvalue weighted by Crippen LogP contribution is 2.20. The molecule has 1 atom stereocenters. The van der Waals surface area contributed by atoms with Crippen LogP contribution in [0.15, 0.2) is 22.9 Å². The minimum absolute atomic E-state index is 0.366. The van der Waals surface area contributed by atoms with E-state index in [1.165, 1.54) is 5.56 Å². The third-order valence-electron chi connectivity index (χ3n) is 2.42. The van der Waals surface area contributed by atoms with Gasteiger partial charge < -0.3 is 10.1 Å². The average molecular weight is 287 g/mol. The van der Waals surface area contributed by atoms with E-state index in [0.29, 0.717) is 6.04 Å². The predicted molar refractivity (Wildman–Crippen MR) is 69.5 cm³/mol. The van der Waals surface area contributed by atoms with Gasteiger partial charge in [-0.15, -0.1) is 0 Å². The molecule has 0 bridgehead atoms. The minimum atomic E-state index is 0.366. The Balaban J connectivity index is 2.61. The maximum atomic E-state index is 5.08. The van der Waals surface area contributed by atoms with Crippen LogP contribution in [0.4, 0.5) is 0 Å². The fourth-order valence-electron chi connectivity index (χ4n) is 1.68. The highest BCUT2D eigenvalue weighted by atomic mass is 79.9. The molecule has 1 rings (SSSR count). The van der Waals surface area contributed by atoms with Gasteiger partial charge in [-0.05, 0) is 46.9 Å². The maximum Gasteiger partial charge on any atom is 0.0462 e. The van der Waals surface area contributed by atoms with Gasteiger partial charge in [-0.2, -0.15) is 0 Å². The zero-order valence-corrected chi connectivity index (χ0v) is 11.5. The first-order chi connectivity index (χ1) is 7.77. The molecule has 1 heterocycles. The lowest BCUT2D eigenvalue weighted by Gasteiger charge is -2.17. The zero-order chi connectivity index (χ0) is 11.8. The summed E-state index contributed by atoms with van der Waals surface area (Å²) >= 11 is 3.45. The first-order valence-corrected chi connectivity index (χ1v) is 6.40. The van der Waals surface area contributed by atoms with E-state index in [4.69, 9.17) is 4.74 Å². The number of nitrogens with zero attached hydrogens (tertiary/aromatic N) is 1. The van der Waals surface area contributed by atoms with E-state index < -0.39 is 0 Å². The molecular formula is C12H19BrN2O. The summed E-state index contributed by atoms with van der Waals surface area (Å²) in [7, 11) is 1.74. The molecule has 0 amide bonds. The van der Waals surface area contributed by atoms with E-state index in [9.17, 15) is 0 Å². The predicted octanol–water partition coefficient (Wildman–Crippen LogP) is 2.92. The van der Waals surface area contributed by atoms with Crippen molar-refractivity contribution >= 4 is 15.9 Å². The van der Waals surface area contributed by atoms with Crippen molar-refractivity contribution in [3.8, 4) is 0 Å². The Morgan fingerprint density at radius 2 is 2.31 bits per heavy atom. The van der Waals surface area contributed by atoms with Crippen LogP contribution in [0.25, 0.3) is 0 Å². The van der Waals surface area contributed by atoms with Gasteiger partial charge in [0.1, 0.15) is 0 Å². The number of hydrogen-bond acceptors (Lipinski definition) is 3. The first-order valence-electron chi connectivity index (χ1n) is 5.60. The summed E-state index contributed by atoms with van der Waals surface area (Å²) < 4.78 is 6.10. The van der Waals surface area contributed by atoms with Crippen LogP contribution in [0.5, 0.6) is 0 Å². The average Bonchev–Trinajstić information content (AvgIpc) is 2.28. The number of halogens is 1. The van der Waals surface area contributed by atoms with Crippen LogP contribution < -0.4 is 5.32 Å². The van der Waals surface area contributed by atoms with Gasteiger partial charge in [-0.1, -0.05) is 6.92 Å². The van der Waals surface area contributed by atoms with Gasteiger partial charge in [0.05, 0.1) is 0 Å². The Morgan fingerprint density at radius 3 is 2.94 bits per heavy atom. The van der Waals surface area contributed by atoms with E-state index in [1.807, 2.05) is 12.4 Å². The molecule has 3 nitrogen and oxygen atoms in total. The fraction of sp³-hybridized carbons (Fsp3) is 0.583. The van der Waals surface area contributed by atoms with Gasteiger partial charge >= 0.3 is 0 Å². The molecular weight excluding hydrogens is 268 g/mol. The molecule has 0 fully saturated rings. The van der Waals surface area contributed by atoms with Gasteiger partial charge in [-0.3, -0.25) is 4.98 Å². The van der Waals surface area contributed by atoms with Crippen LogP contribution in [0.3, 0.4) is 0 Å². The molecule has 1 unspecified atom stereocenters. The summed E-state index contributed by atoms with van der Waals surface area (Å²) in [6.45, 7) is 3.89. The maximum absolute atomic E-state index is 5.08. The summed E-state index contributed by atoms with van der Waals surface area (Å²) in [4.78, 5) is 4.20. The van der Waals surface area contributed by atoms with Crippen molar-refractivity contribution in [1.82, 2.24) is 10.3 Å². The third-order valence-corrected chi connectivity index (χ3v) is 2.85. The monoisotopic (exact) mass is 286 g/mol. The molecule has 1 aromatic rings. The van der Waals surface area contributed by atoms with Crippen molar-refractivity contribution in [3.05, 3.63) is 28.5 Å². The molecule has 0 aliphatic carbocycles. The third kappa shape index (κ3) is 4.60. The SMILES string of the molecule is CCNC(CCCOC)c1cncc(Br)c1. The quantitative estimate of drug-likeness (QED) is 0.783. The van der Waals surface area contributed by atoms with Crippen molar-refractivity contribution in [2.75, 3.05) is 20.3 Å². The molecule has 0 saturated heterocycles. The van der Waals surface area contributed by atoms with E-state index in [2.05, 4.69) is 39.2 Å². The number of nitrogens with one attached hydrogen (secondary N) is 1. The summed E-state index contributed by atoms with van der Waals surface area (Å²) in [6, 6.07) is 2.48. The van der Waals surface area contributed by atoms with E-state index in [1.54, 1.807) is 7.11 Å². The molecule has 0 saturated carbocycles. The number of aromatic nitrogens is 1. The largest absolute Gasteiger partial charge is 0.385 e. The molecule has 16 heavy (non-hydrogen) atoms. The number of methoxy groups -OCH3 is 1. The van der Waals surface area contributed by atoms with Crippen molar-refractivity contribution in [3.63, 3.8) is 0 Å². The van der Waals surface area contributed by atoms with Gasteiger partial charge in [0.25, 0.3) is 0 Å². The van der Waals surface area contributed by atoms with Crippen LogP contribution in [-0.4, -0.2) is 25.2 Å². The molecule has 0 spiro atoms. The Kier molecular flexibility index (Phi) is 6.61. The molecule has 0 aliphatic rings. The zero-order valence-electron chi connectivity index (χ0n) is 9.87. The Bertz CT molecular complexity index is 307. The lowest BCUT2D eigenvalue weighted by atomic mass is 10.0. The number of pyridine rings is 1. The summed E-state index contributed by atoms with van der Waals surface area (Å²) in [5.41, 5.74) is 1.23. The van der Waals surface area contributed by atoms with Crippen molar-refractivity contribution in [2.45, 2.75) is 25.8 Å². The Hall–Kier alpha value is -0.450. The number of rotatable bonds is 7. The van der Waals surface area contributed by atoms with Crippen LogP contribution >= 0.6 is 15.9 Å². The fourth-order valence-corrected chi connectivity index (χ4v) is 2.07. The summed E-state index contributed by atoms with van der Waals surface area (Å²) in [6.07, 6.45) is 5.85. The van der Waals surface area contributed by atoms with Crippen molar-refractivity contribution in [2.24, 2.45) is 0 Å². The van der Waals surface area contributed by atoms with Gasteiger partial charge in [0.2, 0.25) is 0 Å². The summed E-state index contributed by atoms with van der Waals surface area (Å²) in [5, 5.41) is 3.47. The second kappa shape index (κ2) is 7.76. The molecule has 0 aliphatic heterocycles.